The van der Waals surface area contributed by atoms with E-state index in [-0.39, 0.29) is 52.9 Å². The minimum Gasteiger partial charge on any atom is -0.460 e. The Labute approximate surface area is 201 Å². The Kier molecular flexibility index (Phi) is 8.61. The highest BCUT2D eigenvalue weighted by atomic mass is 32.2. The van der Waals surface area contributed by atoms with Crippen molar-refractivity contribution in [1.29, 1.82) is 0 Å². The number of nitrogens with zero attached hydrogens (tertiary/aromatic N) is 4. The van der Waals surface area contributed by atoms with E-state index in [0.29, 0.717) is 38.0 Å². The lowest BCUT2D eigenvalue weighted by Crippen LogP contribution is -2.43. The Morgan fingerprint density at radius 2 is 1.97 bits per heavy atom. The maximum Gasteiger partial charge on any atom is 0.313 e. The van der Waals surface area contributed by atoms with Gasteiger partial charge in [-0.2, -0.15) is 0 Å². The summed E-state index contributed by atoms with van der Waals surface area (Å²) in [6.07, 6.45) is 1.13. The van der Waals surface area contributed by atoms with Gasteiger partial charge in [-0.1, -0.05) is 11.8 Å². The predicted octanol–water partition coefficient (Wildman–Crippen LogP) is 1.34. The summed E-state index contributed by atoms with van der Waals surface area (Å²) in [7, 11) is 1.90. The Morgan fingerprint density at radius 3 is 2.62 bits per heavy atom. The molecule has 2 N–H and O–H groups in total. The zero-order chi connectivity index (χ0) is 24.8. The summed E-state index contributed by atoms with van der Waals surface area (Å²) in [5.41, 5.74) is 6.52. The van der Waals surface area contributed by atoms with Crippen molar-refractivity contribution in [3.05, 3.63) is 39.9 Å². The van der Waals surface area contributed by atoms with E-state index in [0.717, 1.165) is 0 Å². The van der Waals surface area contributed by atoms with E-state index in [4.69, 9.17) is 10.5 Å². The first-order valence-electron chi connectivity index (χ1n) is 11.0. The summed E-state index contributed by atoms with van der Waals surface area (Å²) in [5.74, 6) is -0.371. The quantitative estimate of drug-likeness (QED) is 0.187. The standard InChI is InChI=1S/C22H29N5O6S/c1-14(28)34-18-9-19(25(2)12-18)22(30)26-8-7-16(11-26)24-20(23)10-21(29)33-13-15-3-5-17(6-4-15)27(31)32/h3-6,16,18-19H,7-13H2,1-2H3,(H2,23,24)/t16-,18-,19-/m0/s1. The van der Waals surface area contributed by atoms with Crippen LogP contribution in [0.25, 0.3) is 0 Å². The maximum atomic E-state index is 13.0. The predicted molar refractivity (Wildman–Crippen MR) is 127 cm³/mol. The second-order valence-electron chi connectivity index (χ2n) is 8.53. The summed E-state index contributed by atoms with van der Waals surface area (Å²) in [5, 5.41) is 10.9. The van der Waals surface area contributed by atoms with Crippen molar-refractivity contribution in [1.82, 2.24) is 9.80 Å². The molecule has 2 aliphatic rings. The average Bonchev–Trinajstić information content (AvgIpc) is 3.37. The van der Waals surface area contributed by atoms with Crippen LogP contribution in [-0.4, -0.2) is 81.6 Å². The van der Waals surface area contributed by atoms with Crippen LogP contribution in [0, 0.1) is 10.1 Å². The largest absolute Gasteiger partial charge is 0.460 e. The monoisotopic (exact) mass is 491 g/mol. The van der Waals surface area contributed by atoms with Crippen molar-refractivity contribution < 1.29 is 24.0 Å². The first-order chi connectivity index (χ1) is 16.1. The van der Waals surface area contributed by atoms with Crippen molar-refractivity contribution in [2.75, 3.05) is 26.7 Å². The lowest BCUT2D eigenvalue weighted by Gasteiger charge is -2.24. The molecule has 0 aliphatic carbocycles. The molecule has 2 fully saturated rings. The molecule has 34 heavy (non-hydrogen) atoms. The lowest BCUT2D eigenvalue weighted by molar-refractivity contribution is -0.384. The number of amides is 1. The van der Waals surface area contributed by atoms with E-state index < -0.39 is 10.9 Å². The topological polar surface area (TPSA) is 148 Å². The Hall–Kier alpha value is -2.99. The molecule has 0 unspecified atom stereocenters. The summed E-state index contributed by atoms with van der Waals surface area (Å²) in [6, 6.07) is 5.31. The third kappa shape index (κ3) is 7.00. The number of hydrogen-bond donors (Lipinski definition) is 1. The lowest BCUT2D eigenvalue weighted by atomic mass is 10.2. The van der Waals surface area contributed by atoms with Gasteiger partial charge < -0.3 is 15.4 Å². The van der Waals surface area contributed by atoms with Gasteiger partial charge in [0.05, 0.1) is 17.0 Å². The maximum absolute atomic E-state index is 13.0. The summed E-state index contributed by atoms with van der Waals surface area (Å²) >= 11 is 1.29. The molecule has 1 aromatic carbocycles. The minimum atomic E-state index is -0.549. The van der Waals surface area contributed by atoms with Crippen LogP contribution in [0.5, 0.6) is 0 Å². The molecule has 0 saturated carbocycles. The van der Waals surface area contributed by atoms with Crippen molar-refractivity contribution in [3.63, 3.8) is 0 Å². The number of carbonyl (C=O) groups is 3. The van der Waals surface area contributed by atoms with E-state index in [9.17, 15) is 24.5 Å². The first kappa shape index (κ1) is 25.6. The number of likely N-dealkylation sites (tertiary alicyclic amines) is 2. The van der Waals surface area contributed by atoms with Gasteiger partial charge >= 0.3 is 5.97 Å². The van der Waals surface area contributed by atoms with Gasteiger partial charge in [-0.25, -0.2) is 0 Å². The van der Waals surface area contributed by atoms with Crippen LogP contribution in [-0.2, 0) is 25.7 Å². The van der Waals surface area contributed by atoms with Crippen molar-refractivity contribution in [3.8, 4) is 0 Å². The zero-order valence-corrected chi connectivity index (χ0v) is 20.0. The SMILES string of the molecule is CC(=O)S[C@H]1C[C@@H](C(=O)N2CC[C@H](N=C(N)CC(=O)OCc3ccc([N+](=O)[O-])cc3)C2)N(C)C1. The number of amidine groups is 1. The number of thioether (sulfide) groups is 1. The molecule has 0 spiro atoms. The van der Waals surface area contributed by atoms with Crippen LogP contribution in [0.1, 0.15) is 31.7 Å². The molecule has 1 aromatic rings. The molecule has 3 atom stereocenters. The van der Waals surface area contributed by atoms with Crippen LogP contribution in [0.4, 0.5) is 5.69 Å². The van der Waals surface area contributed by atoms with E-state index in [1.165, 1.54) is 36.0 Å². The van der Waals surface area contributed by atoms with Gasteiger partial charge in [-0.15, -0.1) is 0 Å². The molecular weight excluding hydrogens is 462 g/mol. The molecule has 3 rings (SSSR count). The number of ether oxygens (including phenoxy) is 1. The third-order valence-corrected chi connectivity index (χ3v) is 6.83. The average molecular weight is 492 g/mol. The molecular formula is C22H29N5O6S. The fraction of sp³-hybridized carbons (Fsp3) is 0.545. The Balaban J connectivity index is 1.44. The summed E-state index contributed by atoms with van der Waals surface area (Å²) in [4.78, 5) is 54.8. The number of nitro groups is 1. The number of likely N-dealkylation sites (N-methyl/N-ethyl adjacent to an activating group) is 1. The van der Waals surface area contributed by atoms with E-state index in [2.05, 4.69) is 4.99 Å². The van der Waals surface area contributed by atoms with Gasteiger partial charge in [0.25, 0.3) is 5.69 Å². The van der Waals surface area contributed by atoms with Gasteiger partial charge in [0.1, 0.15) is 18.9 Å². The fourth-order valence-electron chi connectivity index (χ4n) is 4.18. The molecule has 2 heterocycles. The second-order valence-corrected chi connectivity index (χ2v) is 10.0. The highest BCUT2D eigenvalue weighted by Gasteiger charge is 2.39. The second kappa shape index (κ2) is 11.4. The molecule has 0 aromatic heterocycles. The van der Waals surface area contributed by atoms with Gasteiger partial charge in [0, 0.05) is 43.9 Å². The molecule has 0 radical (unpaired) electrons. The van der Waals surface area contributed by atoms with Crippen LogP contribution in [0.3, 0.4) is 0 Å². The molecule has 1 amide bonds. The van der Waals surface area contributed by atoms with E-state index in [1.54, 1.807) is 11.8 Å². The third-order valence-electron chi connectivity index (χ3n) is 5.82. The highest BCUT2D eigenvalue weighted by Crippen LogP contribution is 2.29. The van der Waals surface area contributed by atoms with Crippen molar-refractivity contribution >= 4 is 40.3 Å². The fourth-order valence-corrected chi connectivity index (χ4v) is 5.23. The Bertz CT molecular complexity index is 969. The number of nitro benzene ring substituents is 1. The number of aliphatic imine (C=N–C) groups is 1. The van der Waals surface area contributed by atoms with Gasteiger partial charge in [0.2, 0.25) is 5.91 Å². The van der Waals surface area contributed by atoms with E-state index >= 15 is 0 Å². The number of esters is 1. The molecule has 0 bridgehead atoms. The molecule has 2 saturated heterocycles. The number of non-ortho nitro benzene ring substituents is 1. The number of carbonyl (C=O) groups excluding carboxylic acids is 3. The minimum absolute atomic E-state index is 0.0202. The van der Waals surface area contributed by atoms with Crippen LogP contribution in [0.2, 0.25) is 0 Å². The first-order valence-corrected chi connectivity index (χ1v) is 11.9. The van der Waals surface area contributed by atoms with Gasteiger partial charge in [-0.05, 0) is 37.6 Å². The number of rotatable bonds is 8. The van der Waals surface area contributed by atoms with Crippen molar-refractivity contribution in [2.24, 2.45) is 10.7 Å². The molecule has 184 valence electrons. The van der Waals surface area contributed by atoms with Gasteiger partial charge in [-0.3, -0.25) is 34.4 Å². The highest BCUT2D eigenvalue weighted by molar-refractivity contribution is 8.14. The molecule has 12 heteroatoms. The summed E-state index contributed by atoms with van der Waals surface area (Å²) < 4.78 is 5.17. The van der Waals surface area contributed by atoms with Crippen LogP contribution < -0.4 is 5.73 Å². The molecule has 2 aliphatic heterocycles. The number of benzene rings is 1. The van der Waals surface area contributed by atoms with Gasteiger partial charge in [0.15, 0.2) is 5.12 Å². The van der Waals surface area contributed by atoms with Crippen LogP contribution >= 0.6 is 11.8 Å². The van der Waals surface area contributed by atoms with Crippen molar-refractivity contribution in [2.45, 2.75) is 50.1 Å². The normalized spacial score (nSPS) is 23.2. The molecule has 11 nitrogen and oxygen atoms in total. The number of nitrogens with two attached hydrogens (primary N) is 1. The smallest absolute Gasteiger partial charge is 0.313 e. The number of hydrogen-bond acceptors (Lipinski definition) is 9. The van der Waals surface area contributed by atoms with E-state index in [1.807, 2.05) is 11.9 Å². The Morgan fingerprint density at radius 1 is 1.26 bits per heavy atom. The van der Waals surface area contributed by atoms with Crippen LogP contribution in [0.15, 0.2) is 29.3 Å². The summed E-state index contributed by atoms with van der Waals surface area (Å²) in [6.45, 7) is 3.23. The zero-order valence-electron chi connectivity index (χ0n) is 19.2.